The largest absolute Gasteiger partial charge is 0.352 e. The minimum atomic E-state index is 0.109. The van der Waals surface area contributed by atoms with Gasteiger partial charge >= 0.3 is 0 Å². The maximum absolute atomic E-state index is 12.6. The number of amides is 1. The zero-order chi connectivity index (χ0) is 19.0. The van der Waals surface area contributed by atoms with Gasteiger partial charge in [0.05, 0.1) is 0 Å². The molecule has 3 heteroatoms. The normalized spacial score (nSPS) is 17.1. The van der Waals surface area contributed by atoms with Crippen LogP contribution in [0.4, 0.5) is 0 Å². The Labute approximate surface area is 159 Å². The molecule has 2 N–H and O–H groups in total. The predicted octanol–water partition coefficient (Wildman–Crippen LogP) is 4.65. The smallest absolute Gasteiger partial charge is 0.247 e. The molecule has 3 nitrogen and oxygen atoms in total. The number of carbonyl (C=O) groups excluding carboxylic acids is 1. The summed E-state index contributed by atoms with van der Waals surface area (Å²) in [7, 11) is 2.01. The van der Waals surface area contributed by atoms with Crippen molar-refractivity contribution < 1.29 is 4.79 Å². The van der Waals surface area contributed by atoms with Gasteiger partial charge in [-0.05, 0) is 88.9 Å². The van der Waals surface area contributed by atoms with E-state index in [1.807, 2.05) is 7.05 Å². The first-order chi connectivity index (χ1) is 12.5. The van der Waals surface area contributed by atoms with Gasteiger partial charge in [-0.15, -0.1) is 0 Å². The van der Waals surface area contributed by atoms with Crippen LogP contribution in [0.3, 0.4) is 0 Å². The van der Waals surface area contributed by atoms with Crippen LogP contribution in [0.1, 0.15) is 69.9 Å². The van der Waals surface area contributed by atoms with Crippen molar-refractivity contribution in [2.24, 2.45) is 0 Å². The Kier molecular flexibility index (Phi) is 7.89. The second kappa shape index (κ2) is 9.91. The molecule has 0 spiro atoms. The summed E-state index contributed by atoms with van der Waals surface area (Å²) in [6.07, 6.45) is 7.53. The van der Waals surface area contributed by atoms with Crippen molar-refractivity contribution in [3.05, 3.63) is 46.5 Å². The fourth-order valence-corrected chi connectivity index (χ4v) is 4.36. The fourth-order valence-electron chi connectivity index (χ4n) is 4.36. The highest BCUT2D eigenvalue weighted by Crippen LogP contribution is 2.37. The quantitative estimate of drug-likeness (QED) is 0.676. The lowest BCUT2D eigenvalue weighted by atomic mass is 9.71. The van der Waals surface area contributed by atoms with Crippen LogP contribution in [0.25, 0.3) is 0 Å². The molecule has 1 aromatic carbocycles. The lowest BCUT2D eigenvalue weighted by molar-refractivity contribution is -0.117. The van der Waals surface area contributed by atoms with E-state index in [1.165, 1.54) is 23.1 Å². The topological polar surface area (TPSA) is 41.1 Å². The van der Waals surface area contributed by atoms with Gasteiger partial charge in [0.1, 0.15) is 0 Å². The van der Waals surface area contributed by atoms with Crippen LogP contribution in [-0.4, -0.2) is 26.0 Å². The van der Waals surface area contributed by atoms with Gasteiger partial charge in [0, 0.05) is 12.1 Å². The third-order valence-electron chi connectivity index (χ3n) is 6.15. The predicted molar refractivity (Wildman–Crippen MR) is 110 cm³/mol. The molecule has 0 fully saturated rings. The number of hydrogen-bond donors (Lipinski definition) is 2. The molecule has 1 unspecified atom stereocenters. The highest BCUT2D eigenvalue weighted by atomic mass is 16.1. The zero-order valence-corrected chi connectivity index (χ0v) is 17.1. The van der Waals surface area contributed by atoms with E-state index in [9.17, 15) is 4.79 Å². The third-order valence-corrected chi connectivity index (χ3v) is 6.15. The summed E-state index contributed by atoms with van der Waals surface area (Å²) in [5.41, 5.74) is 5.20. The molecule has 2 rings (SSSR count). The van der Waals surface area contributed by atoms with Gasteiger partial charge in [-0.3, -0.25) is 4.79 Å². The third kappa shape index (κ3) is 4.97. The van der Waals surface area contributed by atoms with Crippen LogP contribution in [0, 0.1) is 6.92 Å². The van der Waals surface area contributed by atoms with Crippen molar-refractivity contribution >= 4 is 5.91 Å². The molecule has 0 bridgehead atoms. The first-order valence-corrected chi connectivity index (χ1v) is 10.2. The molecule has 1 amide bonds. The van der Waals surface area contributed by atoms with E-state index in [1.54, 1.807) is 0 Å². The number of benzene rings is 1. The molecule has 1 aromatic rings. The summed E-state index contributed by atoms with van der Waals surface area (Å²) < 4.78 is 0. The molecular weight excluding hydrogens is 320 g/mol. The number of carbonyl (C=O) groups is 1. The van der Waals surface area contributed by atoms with Crippen molar-refractivity contribution in [3.63, 3.8) is 0 Å². The minimum Gasteiger partial charge on any atom is -0.352 e. The fraction of sp³-hybridized carbons (Fsp3) is 0.609. The van der Waals surface area contributed by atoms with Crippen LogP contribution in [0.15, 0.2) is 35.4 Å². The first kappa shape index (κ1) is 20.7. The Morgan fingerprint density at radius 2 is 1.77 bits per heavy atom. The van der Waals surface area contributed by atoms with E-state index < -0.39 is 0 Å². The van der Waals surface area contributed by atoms with E-state index >= 15 is 0 Å². The Morgan fingerprint density at radius 1 is 1.08 bits per heavy atom. The number of allylic oxidation sites excluding steroid dienone is 1. The molecule has 144 valence electrons. The number of aryl methyl sites for hydroxylation is 1. The molecule has 26 heavy (non-hydrogen) atoms. The van der Waals surface area contributed by atoms with Crippen molar-refractivity contribution in [1.82, 2.24) is 10.6 Å². The zero-order valence-electron chi connectivity index (χ0n) is 17.1. The molecule has 1 atom stereocenters. The lowest BCUT2D eigenvalue weighted by Crippen LogP contribution is -2.36. The highest BCUT2D eigenvalue weighted by Gasteiger charge is 2.31. The summed E-state index contributed by atoms with van der Waals surface area (Å²) in [5.74, 6) is 0.158. The standard InChI is InChI=1S/C23H36N2O/c1-5-23(14-16-24-4,21-13-9-7-11-19(21)3)15-17-25-22(26)20-12-8-6-10-18(20)2/h7,9,11,13,24H,5-6,8,10,12,14-17H2,1-4H3,(H,25,26). The molecule has 0 aromatic heterocycles. The van der Waals surface area contributed by atoms with E-state index in [-0.39, 0.29) is 11.3 Å². The van der Waals surface area contributed by atoms with Crippen molar-refractivity contribution in [2.45, 2.75) is 71.1 Å². The van der Waals surface area contributed by atoms with Gasteiger partial charge in [0.2, 0.25) is 5.91 Å². The summed E-state index contributed by atoms with van der Waals surface area (Å²) in [5, 5.41) is 6.53. The van der Waals surface area contributed by atoms with Crippen LogP contribution >= 0.6 is 0 Å². The second-order valence-electron chi connectivity index (χ2n) is 7.77. The number of hydrogen-bond acceptors (Lipinski definition) is 2. The average Bonchev–Trinajstić information content (AvgIpc) is 2.65. The van der Waals surface area contributed by atoms with Gasteiger partial charge in [-0.25, -0.2) is 0 Å². The Bertz CT molecular complexity index is 635. The van der Waals surface area contributed by atoms with Gasteiger partial charge in [-0.1, -0.05) is 36.8 Å². The van der Waals surface area contributed by atoms with Crippen molar-refractivity contribution in [2.75, 3.05) is 20.1 Å². The Hall–Kier alpha value is -1.61. The summed E-state index contributed by atoms with van der Waals surface area (Å²) in [4.78, 5) is 12.6. The highest BCUT2D eigenvalue weighted by molar-refractivity contribution is 5.94. The minimum absolute atomic E-state index is 0.109. The van der Waals surface area contributed by atoms with Crippen LogP contribution in [0.2, 0.25) is 0 Å². The maximum Gasteiger partial charge on any atom is 0.247 e. The van der Waals surface area contributed by atoms with Gasteiger partial charge < -0.3 is 10.6 Å². The lowest BCUT2D eigenvalue weighted by Gasteiger charge is -2.35. The Balaban J connectivity index is 2.10. The summed E-state index contributed by atoms with van der Waals surface area (Å²) in [6.45, 7) is 8.32. The molecule has 0 saturated carbocycles. The number of rotatable bonds is 9. The van der Waals surface area contributed by atoms with E-state index in [4.69, 9.17) is 0 Å². The average molecular weight is 357 g/mol. The maximum atomic E-state index is 12.6. The van der Waals surface area contributed by atoms with E-state index in [2.05, 4.69) is 55.7 Å². The van der Waals surface area contributed by atoms with E-state index in [0.29, 0.717) is 0 Å². The molecule has 0 saturated heterocycles. The van der Waals surface area contributed by atoms with Crippen LogP contribution in [-0.2, 0) is 10.2 Å². The van der Waals surface area contributed by atoms with Crippen molar-refractivity contribution in [3.8, 4) is 0 Å². The molecule has 0 radical (unpaired) electrons. The van der Waals surface area contributed by atoms with Crippen LogP contribution in [0.5, 0.6) is 0 Å². The van der Waals surface area contributed by atoms with Crippen LogP contribution < -0.4 is 10.6 Å². The monoisotopic (exact) mass is 356 g/mol. The molecule has 1 aliphatic rings. The van der Waals surface area contributed by atoms with Gasteiger partial charge in [0.15, 0.2) is 0 Å². The summed E-state index contributed by atoms with van der Waals surface area (Å²) >= 11 is 0. The number of nitrogens with one attached hydrogen (secondary N) is 2. The second-order valence-corrected chi connectivity index (χ2v) is 7.77. The summed E-state index contributed by atoms with van der Waals surface area (Å²) in [6, 6.07) is 8.72. The Morgan fingerprint density at radius 3 is 2.42 bits per heavy atom. The van der Waals surface area contributed by atoms with Crippen molar-refractivity contribution in [1.29, 1.82) is 0 Å². The van der Waals surface area contributed by atoms with Gasteiger partial charge in [-0.2, -0.15) is 0 Å². The first-order valence-electron chi connectivity index (χ1n) is 10.2. The van der Waals surface area contributed by atoms with Gasteiger partial charge in [0.25, 0.3) is 0 Å². The molecule has 1 aliphatic carbocycles. The van der Waals surface area contributed by atoms with E-state index in [0.717, 1.165) is 57.2 Å². The molecule has 0 heterocycles. The molecule has 0 aliphatic heterocycles. The molecular formula is C23H36N2O. The SMILES string of the molecule is CCC(CCNC)(CCNC(=O)C1=C(C)CCCC1)c1ccccc1C.